The zero-order valence-electron chi connectivity index (χ0n) is 15.9. The Kier molecular flexibility index (Phi) is 4.64. The second-order valence-corrected chi connectivity index (χ2v) is 7.55. The van der Waals surface area contributed by atoms with Crippen molar-refractivity contribution < 1.29 is 5.11 Å². The zero-order valence-corrected chi connectivity index (χ0v) is 15.9. The van der Waals surface area contributed by atoms with Gasteiger partial charge in [0, 0.05) is 24.2 Å². The summed E-state index contributed by atoms with van der Waals surface area (Å²) < 4.78 is 3.45. The van der Waals surface area contributed by atoms with Gasteiger partial charge in [0.25, 0.3) is 0 Å². The van der Waals surface area contributed by atoms with Gasteiger partial charge in [-0.05, 0) is 49.6 Å². The summed E-state index contributed by atoms with van der Waals surface area (Å²) in [5, 5.41) is 17.7. The highest BCUT2D eigenvalue weighted by Crippen LogP contribution is 2.29. The van der Waals surface area contributed by atoms with Crippen LogP contribution in [-0.2, 0) is 0 Å². The number of aliphatic hydroxyl groups is 1. The number of rotatable bonds is 1. The van der Waals surface area contributed by atoms with Crippen molar-refractivity contribution in [1.29, 1.82) is 0 Å². The molecule has 4 heterocycles. The zero-order chi connectivity index (χ0) is 19.7. The molecular formula is C20H25N7O. The molecule has 1 saturated carbocycles. The van der Waals surface area contributed by atoms with Gasteiger partial charge >= 0.3 is 0 Å². The van der Waals surface area contributed by atoms with Crippen LogP contribution in [-0.4, -0.2) is 34.9 Å². The molecule has 4 aromatic heterocycles. The molecule has 4 aromatic rings. The van der Waals surface area contributed by atoms with Gasteiger partial charge in [-0.15, -0.1) is 5.10 Å². The third kappa shape index (κ3) is 3.63. The van der Waals surface area contributed by atoms with Gasteiger partial charge in [0.1, 0.15) is 5.52 Å². The van der Waals surface area contributed by atoms with Crippen LogP contribution in [0.5, 0.6) is 0 Å². The molecule has 8 nitrogen and oxygen atoms in total. The van der Waals surface area contributed by atoms with Crippen LogP contribution in [0.15, 0.2) is 42.9 Å². The molecule has 0 saturated heterocycles. The molecule has 0 unspecified atom stereocenters. The molecule has 8 heteroatoms. The van der Waals surface area contributed by atoms with Crippen LogP contribution in [0.4, 0.5) is 11.8 Å². The number of nitrogens with zero attached hydrogens (tertiary/aromatic N) is 5. The summed E-state index contributed by atoms with van der Waals surface area (Å²) in [5.41, 5.74) is 15.0. The summed E-state index contributed by atoms with van der Waals surface area (Å²) in [7, 11) is 0. The molecule has 1 aliphatic carbocycles. The first-order chi connectivity index (χ1) is 13.4. The number of hydrogen-bond donors (Lipinski definition) is 3. The van der Waals surface area contributed by atoms with E-state index in [1.807, 2.05) is 43.6 Å². The molecule has 0 amide bonds. The van der Waals surface area contributed by atoms with E-state index in [2.05, 4.69) is 15.2 Å². The molecule has 146 valence electrons. The van der Waals surface area contributed by atoms with Crippen LogP contribution in [0.25, 0.3) is 22.2 Å². The monoisotopic (exact) mass is 379 g/mol. The van der Waals surface area contributed by atoms with E-state index in [9.17, 15) is 5.11 Å². The summed E-state index contributed by atoms with van der Waals surface area (Å²) in [6.45, 7) is 1.94. The van der Waals surface area contributed by atoms with Crippen molar-refractivity contribution in [2.24, 2.45) is 0 Å². The number of hydrogen-bond acceptors (Lipinski definition) is 6. The third-order valence-electron chi connectivity index (χ3n) is 5.20. The minimum atomic E-state index is -0.321. The maximum atomic E-state index is 9.37. The van der Waals surface area contributed by atoms with Crippen LogP contribution in [0.1, 0.15) is 39.0 Å². The molecule has 28 heavy (non-hydrogen) atoms. The van der Waals surface area contributed by atoms with Gasteiger partial charge in [-0.2, -0.15) is 10.1 Å². The lowest BCUT2D eigenvalue weighted by molar-refractivity contribution is 0.0225. The predicted molar refractivity (Wildman–Crippen MR) is 110 cm³/mol. The lowest BCUT2D eigenvalue weighted by Gasteiger charge is -2.27. The smallest absolute Gasteiger partial charge is 0.240 e. The summed E-state index contributed by atoms with van der Waals surface area (Å²) >= 11 is 0. The summed E-state index contributed by atoms with van der Waals surface area (Å²) in [6.07, 6.45) is 11.2. The van der Waals surface area contributed by atoms with E-state index in [-0.39, 0.29) is 11.5 Å². The first kappa shape index (κ1) is 18.2. The first-order valence-electron chi connectivity index (χ1n) is 9.49. The van der Waals surface area contributed by atoms with Crippen LogP contribution >= 0.6 is 0 Å². The average Bonchev–Trinajstić information content (AvgIpc) is 3.27. The first-order valence-corrected chi connectivity index (χ1v) is 9.49. The van der Waals surface area contributed by atoms with Crippen molar-refractivity contribution in [3.8, 4) is 11.1 Å². The molecule has 0 bridgehead atoms. The molecule has 0 radical (unpaired) electrons. The fraction of sp³-hybridized carbons (Fsp3) is 0.350. The van der Waals surface area contributed by atoms with Gasteiger partial charge in [0.15, 0.2) is 5.82 Å². The number of aromatic nitrogens is 5. The molecule has 5 rings (SSSR count). The largest absolute Gasteiger partial charge is 0.390 e. The number of pyridine rings is 1. The summed E-state index contributed by atoms with van der Waals surface area (Å²) in [4.78, 5) is 4.02. The predicted octanol–water partition coefficient (Wildman–Crippen LogP) is 2.91. The highest BCUT2D eigenvalue weighted by atomic mass is 16.3. The van der Waals surface area contributed by atoms with E-state index in [1.165, 1.54) is 19.3 Å². The Morgan fingerprint density at radius 3 is 2.50 bits per heavy atom. The molecule has 0 aromatic carbocycles. The molecule has 0 aliphatic heterocycles. The van der Waals surface area contributed by atoms with Gasteiger partial charge in [-0.3, -0.25) is 0 Å². The third-order valence-corrected chi connectivity index (χ3v) is 5.20. The second-order valence-electron chi connectivity index (χ2n) is 7.55. The minimum absolute atomic E-state index is 0.156. The lowest BCUT2D eigenvalue weighted by Crippen LogP contribution is -2.26. The lowest BCUT2D eigenvalue weighted by atomic mass is 9.87. The number of nitrogen functional groups attached to an aromatic ring is 2. The van der Waals surface area contributed by atoms with Crippen LogP contribution in [0.2, 0.25) is 0 Å². The minimum Gasteiger partial charge on any atom is -0.390 e. The van der Waals surface area contributed by atoms with Crippen LogP contribution < -0.4 is 11.5 Å². The maximum Gasteiger partial charge on any atom is 0.240 e. The van der Waals surface area contributed by atoms with Crippen molar-refractivity contribution >= 4 is 22.8 Å². The van der Waals surface area contributed by atoms with Crippen molar-refractivity contribution in [1.82, 2.24) is 24.2 Å². The van der Waals surface area contributed by atoms with Crippen LogP contribution in [0, 0.1) is 0 Å². The number of nitrogens with two attached hydrogens (primary N) is 2. The van der Waals surface area contributed by atoms with Gasteiger partial charge in [-0.1, -0.05) is 19.3 Å². The van der Waals surface area contributed by atoms with Crippen molar-refractivity contribution in [2.45, 2.75) is 44.6 Å². The van der Waals surface area contributed by atoms with Gasteiger partial charge in [0.2, 0.25) is 5.95 Å². The molecular weight excluding hydrogens is 354 g/mol. The van der Waals surface area contributed by atoms with E-state index in [4.69, 9.17) is 11.5 Å². The fourth-order valence-electron chi connectivity index (χ4n) is 3.71. The Bertz CT molecular complexity index is 1100. The molecule has 1 fully saturated rings. The maximum absolute atomic E-state index is 9.37. The van der Waals surface area contributed by atoms with Crippen molar-refractivity contribution in [3.05, 3.63) is 42.9 Å². The van der Waals surface area contributed by atoms with E-state index in [1.54, 1.807) is 15.2 Å². The summed E-state index contributed by atoms with van der Waals surface area (Å²) in [5.74, 6) is 0.522. The normalized spacial score (nSPS) is 16.1. The van der Waals surface area contributed by atoms with E-state index < -0.39 is 0 Å². The Balaban J connectivity index is 0.000000203. The number of anilines is 2. The van der Waals surface area contributed by atoms with Gasteiger partial charge in [0.05, 0.1) is 11.1 Å². The van der Waals surface area contributed by atoms with E-state index in [0.29, 0.717) is 5.82 Å². The molecule has 0 spiro atoms. The Morgan fingerprint density at radius 2 is 1.79 bits per heavy atom. The highest BCUT2D eigenvalue weighted by molar-refractivity contribution is 5.88. The summed E-state index contributed by atoms with van der Waals surface area (Å²) in [6, 6.07) is 7.91. The van der Waals surface area contributed by atoms with Gasteiger partial charge in [-0.25, -0.2) is 9.03 Å². The Morgan fingerprint density at radius 1 is 1.04 bits per heavy atom. The average molecular weight is 379 g/mol. The molecule has 1 aliphatic rings. The quantitative estimate of drug-likeness (QED) is 0.468. The fourth-order valence-corrected chi connectivity index (χ4v) is 3.71. The molecule has 5 N–H and O–H groups in total. The Hall–Kier alpha value is -3.13. The standard InChI is InChI=1S/C13H11N7.C7H14O/c14-12-11-10(3-6-20(11)18-13(15)17-12)8-2-5-19-9(7-8)1-4-16-19;1-7(8)5-3-2-4-6-7/h1-7H,(H4,14,15,17,18);8H,2-6H2,1H3. The van der Waals surface area contributed by atoms with Crippen molar-refractivity contribution in [3.63, 3.8) is 0 Å². The van der Waals surface area contributed by atoms with Crippen molar-refractivity contribution in [2.75, 3.05) is 11.5 Å². The number of fused-ring (bicyclic) bond motifs is 2. The van der Waals surface area contributed by atoms with Crippen LogP contribution in [0.3, 0.4) is 0 Å². The Labute approximate surface area is 162 Å². The van der Waals surface area contributed by atoms with Gasteiger partial charge < -0.3 is 16.6 Å². The highest BCUT2D eigenvalue weighted by Gasteiger charge is 2.22. The molecule has 0 atom stereocenters. The second kappa shape index (κ2) is 7.12. The SMILES string of the molecule is CC1(O)CCCCC1.Nc1nc(N)c2c(-c3ccn4nccc4c3)ccn2n1. The van der Waals surface area contributed by atoms with E-state index in [0.717, 1.165) is 35.0 Å². The van der Waals surface area contributed by atoms with E-state index >= 15 is 0 Å². The topological polar surface area (TPSA) is 120 Å².